The largest absolute Gasteiger partial charge is 0.507 e. The summed E-state index contributed by atoms with van der Waals surface area (Å²) in [6.45, 7) is 2.18. The van der Waals surface area contributed by atoms with Crippen molar-refractivity contribution in [2.45, 2.75) is 6.92 Å². The summed E-state index contributed by atoms with van der Waals surface area (Å²) >= 11 is 0. The van der Waals surface area contributed by atoms with E-state index >= 15 is 0 Å². The van der Waals surface area contributed by atoms with Gasteiger partial charge in [-0.05, 0) is 101 Å². The van der Waals surface area contributed by atoms with E-state index in [2.05, 4.69) is 365 Å². The first-order valence-corrected chi connectivity index (χ1v) is 45.1. The van der Waals surface area contributed by atoms with E-state index in [0.29, 0.717) is 0 Å². The number of benzene rings is 17. The molecule has 26 rings (SSSR count). The molecule has 0 fully saturated rings. The molecule has 0 saturated carbocycles. The van der Waals surface area contributed by atoms with Crippen LogP contribution in [0.15, 0.2) is 455 Å². The highest BCUT2D eigenvalue weighted by Crippen LogP contribution is 2.45. The fourth-order valence-corrected chi connectivity index (χ4v) is 19.1. The van der Waals surface area contributed by atoms with Gasteiger partial charge in [-0.3, -0.25) is 0 Å². The molecule has 0 spiro atoms. The number of aryl methyl sites for hydroxylation is 1. The molecule has 10 heteroatoms. The van der Waals surface area contributed by atoms with Gasteiger partial charge in [0, 0.05) is 125 Å². The smallest absolute Gasteiger partial charge is 0.124 e. The van der Waals surface area contributed by atoms with Crippen molar-refractivity contribution in [1.29, 1.82) is 0 Å². The Morgan fingerprint density at radius 1 is 0.157 bits per heavy atom. The lowest BCUT2D eigenvalue weighted by Gasteiger charge is -2.16. The van der Waals surface area contributed by atoms with Crippen LogP contribution in [-0.4, -0.2) is 50.0 Å². The highest BCUT2D eigenvalue weighted by Gasteiger charge is 2.22. The summed E-state index contributed by atoms with van der Waals surface area (Å²) in [5.74, 6) is 0.260. The Labute approximate surface area is 772 Å². The number of para-hydroxylation sites is 3. The topological polar surface area (TPSA) is 136 Å². The first-order chi connectivity index (χ1) is 66.2. The Bertz CT molecular complexity index is 8790. The van der Waals surface area contributed by atoms with Crippen LogP contribution in [0.3, 0.4) is 0 Å². The Kier molecular flexibility index (Phi) is 20.1. The Morgan fingerprint density at radius 3 is 0.754 bits per heavy atom. The molecule has 26 aromatic rings. The van der Waals surface area contributed by atoms with E-state index in [9.17, 15) is 5.11 Å². The molecule has 10 nitrogen and oxygen atoms in total. The number of hydrogen-bond donors (Lipinski definition) is 1. The second kappa shape index (κ2) is 33.9. The maximum absolute atomic E-state index is 10.7. The second-order valence-electron chi connectivity index (χ2n) is 33.9. The molecular weight excluding hydrogens is 1630 g/mol. The van der Waals surface area contributed by atoms with Crippen LogP contribution in [0.1, 0.15) is 5.56 Å². The molecule has 626 valence electrons. The van der Waals surface area contributed by atoms with Gasteiger partial charge < -0.3 is 5.11 Å². The quantitative estimate of drug-likeness (QED) is 0.125. The maximum atomic E-state index is 10.7. The number of nitrogens with zero attached hydrogens (tertiary/aromatic N) is 9. The van der Waals surface area contributed by atoms with E-state index in [0.717, 1.165) is 210 Å². The number of hydrogen-bond acceptors (Lipinski definition) is 10. The van der Waals surface area contributed by atoms with E-state index in [1.807, 2.05) is 91.0 Å². The summed E-state index contributed by atoms with van der Waals surface area (Å²) in [6.07, 6.45) is 0. The monoisotopic (exact) mass is 1710 g/mol. The van der Waals surface area contributed by atoms with Crippen molar-refractivity contribution < 1.29 is 5.11 Å². The van der Waals surface area contributed by atoms with Crippen molar-refractivity contribution in [2.75, 3.05) is 0 Å². The van der Waals surface area contributed by atoms with Crippen LogP contribution in [0.25, 0.3) is 254 Å². The molecular formula is C124H79N9O. The number of phenols is 1. The SMILES string of the molecule is Cc1cccc2c(-c3ccc(-c4ccc5ccc6ccc(-c7ccccc7)nc6c5n4)cc3)nc3ccccc3c12.Oc1cccc2c(-c3ccc(-c4ccc5ccc6ccc(-c7ccccc7)nc6c5n4)cc3)nc3ccccc3c12.c1ccc(-c2ccc3ccc4ccc(-c5ccc(-c6nc7ccccc7c7c(-c8ccccc8-c8ccccc8)cccc67)cc5)nc4c3n2)cc1. The van der Waals surface area contributed by atoms with Crippen molar-refractivity contribution in [3.63, 3.8) is 0 Å². The van der Waals surface area contributed by atoms with E-state index in [1.165, 1.54) is 49.4 Å². The third kappa shape index (κ3) is 14.7. The summed E-state index contributed by atoms with van der Waals surface area (Å²) in [4.78, 5) is 46.0. The average Bonchev–Trinajstić information content (AvgIpc) is 0.696. The zero-order chi connectivity index (χ0) is 89.1. The van der Waals surface area contributed by atoms with Gasteiger partial charge in [0.2, 0.25) is 0 Å². The number of aromatic hydroxyl groups is 1. The fraction of sp³-hybridized carbons (Fsp3) is 0.00806. The van der Waals surface area contributed by atoms with Gasteiger partial charge in [-0.1, -0.05) is 394 Å². The van der Waals surface area contributed by atoms with Crippen LogP contribution in [0.2, 0.25) is 0 Å². The number of aromatic nitrogens is 9. The molecule has 0 radical (unpaired) electrons. The summed E-state index contributed by atoms with van der Waals surface area (Å²) in [5, 5.41) is 27.0. The molecule has 0 atom stereocenters. The minimum Gasteiger partial charge on any atom is -0.507 e. The summed E-state index contributed by atoms with van der Waals surface area (Å²) in [6, 6.07) is 157. The van der Waals surface area contributed by atoms with Gasteiger partial charge in [-0.25, -0.2) is 44.9 Å². The van der Waals surface area contributed by atoms with Gasteiger partial charge in [0.05, 0.1) is 101 Å². The molecule has 17 aromatic carbocycles. The molecule has 0 aliphatic carbocycles. The summed E-state index contributed by atoms with van der Waals surface area (Å²) in [7, 11) is 0. The van der Waals surface area contributed by atoms with Gasteiger partial charge in [-0.2, -0.15) is 0 Å². The molecule has 0 saturated heterocycles. The standard InChI is InChI=1S/C49H31N3.C38H25N3.C37H23N3O/c1-3-12-32(13-4-1)38-16-7-8-17-39(38)40-19-11-20-42-46(40)41-18-9-10-21-45(41)52-47(42)35-24-22-34(23-25-35)44-31-29-37-27-26-36-28-30-43(33-14-5-2-6-15-33)50-48(36)49(37)51-44;1-24-8-7-12-31-35(24)30-11-5-6-13-34(30)41-36(31)27-16-14-26(15-17-27)33-23-21-29-19-18-28-20-22-32(25-9-3-2-4-10-25)39-37(28)38(29)40-33;41-33-12-6-10-29-34(33)28-9-4-5-11-32(28)40-35(29)25-15-13-24(14-16-25)31-22-20-27-18-17-26-19-21-30(23-7-2-1-3-8-23)38-36(26)37(27)39-31/h1-31H;2-23H,1H3;1-22,41H. The Morgan fingerprint density at radius 2 is 0.396 bits per heavy atom. The fourth-order valence-electron chi connectivity index (χ4n) is 19.1. The predicted octanol–water partition coefficient (Wildman–Crippen LogP) is 31.8. The molecule has 0 aliphatic rings. The molecule has 0 amide bonds. The van der Waals surface area contributed by atoms with Crippen LogP contribution in [0, 0.1) is 6.92 Å². The van der Waals surface area contributed by atoms with Gasteiger partial charge in [0.1, 0.15) is 5.75 Å². The van der Waals surface area contributed by atoms with Crippen LogP contribution >= 0.6 is 0 Å². The van der Waals surface area contributed by atoms with Crippen molar-refractivity contribution in [2.24, 2.45) is 0 Å². The van der Waals surface area contributed by atoms with Crippen LogP contribution in [0.4, 0.5) is 0 Å². The molecule has 0 aliphatic heterocycles. The zero-order valence-corrected chi connectivity index (χ0v) is 72.8. The van der Waals surface area contributed by atoms with E-state index in [-0.39, 0.29) is 5.75 Å². The lowest BCUT2D eigenvalue weighted by atomic mass is 9.89. The van der Waals surface area contributed by atoms with Crippen molar-refractivity contribution in [1.82, 2.24) is 44.9 Å². The number of phenolic OH excluding ortho intramolecular Hbond substituents is 1. The lowest BCUT2D eigenvalue weighted by molar-refractivity contribution is 0.482. The predicted molar refractivity (Wildman–Crippen MR) is 556 cm³/mol. The second-order valence-corrected chi connectivity index (χ2v) is 33.9. The molecule has 0 bridgehead atoms. The van der Waals surface area contributed by atoms with Crippen LogP contribution in [0.5, 0.6) is 5.75 Å². The lowest BCUT2D eigenvalue weighted by Crippen LogP contribution is -1.93. The van der Waals surface area contributed by atoms with Crippen molar-refractivity contribution in [3.8, 4) is 129 Å². The highest BCUT2D eigenvalue weighted by atomic mass is 16.3. The minimum absolute atomic E-state index is 0.260. The number of fused-ring (bicyclic) bond motifs is 18. The molecule has 9 heterocycles. The Balaban J connectivity index is 0.000000112. The van der Waals surface area contributed by atoms with Crippen molar-refractivity contribution >= 4 is 130 Å². The first-order valence-electron chi connectivity index (χ1n) is 45.1. The highest BCUT2D eigenvalue weighted by molar-refractivity contribution is 6.19. The third-order valence-electron chi connectivity index (χ3n) is 25.8. The zero-order valence-electron chi connectivity index (χ0n) is 72.8. The molecule has 0 unspecified atom stereocenters. The van der Waals surface area contributed by atoms with Crippen LogP contribution in [-0.2, 0) is 0 Å². The van der Waals surface area contributed by atoms with E-state index in [4.69, 9.17) is 44.9 Å². The van der Waals surface area contributed by atoms with Gasteiger partial charge in [0.15, 0.2) is 0 Å². The van der Waals surface area contributed by atoms with E-state index < -0.39 is 0 Å². The minimum atomic E-state index is 0.260. The summed E-state index contributed by atoms with van der Waals surface area (Å²) in [5.41, 5.74) is 32.3. The summed E-state index contributed by atoms with van der Waals surface area (Å²) < 4.78 is 0. The first kappa shape index (κ1) is 79.4. The van der Waals surface area contributed by atoms with Crippen LogP contribution < -0.4 is 0 Å². The average molecular weight is 1710 g/mol. The maximum Gasteiger partial charge on any atom is 0.124 e. The van der Waals surface area contributed by atoms with Gasteiger partial charge >= 0.3 is 0 Å². The van der Waals surface area contributed by atoms with Gasteiger partial charge in [-0.15, -0.1) is 0 Å². The number of rotatable bonds is 11. The Hall–Kier alpha value is -18.0. The molecule has 1 N–H and O–H groups in total. The number of pyridine rings is 9. The molecule has 9 aromatic heterocycles. The van der Waals surface area contributed by atoms with Crippen molar-refractivity contribution in [3.05, 3.63) is 461 Å². The normalized spacial score (nSPS) is 11.5. The van der Waals surface area contributed by atoms with E-state index in [1.54, 1.807) is 6.07 Å². The van der Waals surface area contributed by atoms with Gasteiger partial charge in [0.25, 0.3) is 0 Å². The third-order valence-corrected chi connectivity index (χ3v) is 25.8. The molecule has 134 heavy (non-hydrogen) atoms.